The van der Waals surface area contributed by atoms with Crippen LogP contribution in [0.5, 0.6) is 0 Å². The number of guanidine groups is 1. The fourth-order valence-electron chi connectivity index (χ4n) is 2.04. The Morgan fingerprint density at radius 3 is 2.35 bits per heavy atom. The van der Waals surface area contributed by atoms with Gasteiger partial charge in [-0.1, -0.05) is 20.8 Å². The standard InChI is InChI=1S/C13H28N4O2S/c1-5-14-13(16-12-10-11(12)4)15-8-9-20(18,19)17(6-2)7-3/h11-12H,5-10H2,1-4H3,(H2,14,15,16). The van der Waals surface area contributed by atoms with Crippen LogP contribution in [0.1, 0.15) is 34.1 Å². The van der Waals surface area contributed by atoms with Gasteiger partial charge in [-0.05, 0) is 19.3 Å². The van der Waals surface area contributed by atoms with E-state index in [1.807, 2.05) is 20.8 Å². The lowest BCUT2D eigenvalue weighted by Gasteiger charge is -2.17. The van der Waals surface area contributed by atoms with Gasteiger partial charge in [-0.15, -0.1) is 0 Å². The molecule has 0 amide bonds. The zero-order valence-corrected chi connectivity index (χ0v) is 13.8. The molecule has 0 radical (unpaired) electrons. The van der Waals surface area contributed by atoms with E-state index in [1.54, 1.807) is 0 Å². The van der Waals surface area contributed by atoms with Gasteiger partial charge in [-0.25, -0.2) is 12.7 Å². The molecule has 2 N–H and O–H groups in total. The molecule has 1 rings (SSSR count). The maximum absolute atomic E-state index is 12.0. The highest BCUT2D eigenvalue weighted by molar-refractivity contribution is 7.89. The molecular weight excluding hydrogens is 276 g/mol. The predicted octanol–water partition coefficient (Wildman–Crippen LogP) is 0.622. The molecule has 1 saturated carbocycles. The van der Waals surface area contributed by atoms with Crippen LogP contribution in [0, 0.1) is 5.92 Å². The van der Waals surface area contributed by atoms with Gasteiger partial charge in [0.2, 0.25) is 10.0 Å². The highest BCUT2D eigenvalue weighted by Gasteiger charge is 2.33. The van der Waals surface area contributed by atoms with Gasteiger partial charge >= 0.3 is 0 Å². The van der Waals surface area contributed by atoms with Crippen LogP contribution in [-0.4, -0.2) is 56.7 Å². The van der Waals surface area contributed by atoms with Gasteiger partial charge in [0.25, 0.3) is 0 Å². The molecule has 0 aromatic rings. The lowest BCUT2D eigenvalue weighted by molar-refractivity contribution is 0.445. The highest BCUT2D eigenvalue weighted by Crippen LogP contribution is 2.28. The molecular formula is C13H28N4O2S. The number of rotatable bonds is 8. The fraction of sp³-hybridized carbons (Fsp3) is 0.923. The zero-order valence-electron chi connectivity index (χ0n) is 13.0. The summed E-state index contributed by atoms with van der Waals surface area (Å²) >= 11 is 0. The second-order valence-corrected chi connectivity index (χ2v) is 7.21. The summed E-state index contributed by atoms with van der Waals surface area (Å²) in [6, 6.07) is 0.479. The van der Waals surface area contributed by atoms with Gasteiger partial charge in [-0.2, -0.15) is 0 Å². The van der Waals surface area contributed by atoms with Crippen LogP contribution in [0.15, 0.2) is 4.99 Å². The molecule has 1 aliphatic carbocycles. The highest BCUT2D eigenvalue weighted by atomic mass is 32.2. The molecule has 0 bridgehead atoms. The van der Waals surface area contributed by atoms with Crippen molar-refractivity contribution in [2.75, 3.05) is 31.9 Å². The van der Waals surface area contributed by atoms with Crippen molar-refractivity contribution >= 4 is 16.0 Å². The van der Waals surface area contributed by atoms with E-state index in [0.29, 0.717) is 25.0 Å². The minimum atomic E-state index is -3.19. The maximum Gasteiger partial charge on any atom is 0.215 e. The van der Waals surface area contributed by atoms with Crippen LogP contribution in [0.4, 0.5) is 0 Å². The van der Waals surface area contributed by atoms with Crippen molar-refractivity contribution in [3.63, 3.8) is 0 Å². The molecule has 0 aromatic carbocycles. The second-order valence-electron chi connectivity index (χ2n) is 5.12. The van der Waals surface area contributed by atoms with Gasteiger partial charge in [-0.3, -0.25) is 4.99 Å². The van der Waals surface area contributed by atoms with Gasteiger partial charge < -0.3 is 10.6 Å². The van der Waals surface area contributed by atoms with Crippen molar-refractivity contribution in [2.24, 2.45) is 10.9 Å². The Kier molecular flexibility index (Phi) is 6.75. The number of hydrogen-bond acceptors (Lipinski definition) is 3. The zero-order chi connectivity index (χ0) is 15.2. The first-order valence-electron chi connectivity index (χ1n) is 7.47. The van der Waals surface area contributed by atoms with Gasteiger partial charge in [0.15, 0.2) is 5.96 Å². The molecule has 2 atom stereocenters. The minimum absolute atomic E-state index is 0.0610. The lowest BCUT2D eigenvalue weighted by Crippen LogP contribution is -2.40. The quantitative estimate of drug-likeness (QED) is 0.509. The Labute approximate surface area is 123 Å². The van der Waals surface area contributed by atoms with E-state index < -0.39 is 10.0 Å². The topological polar surface area (TPSA) is 73.8 Å². The summed E-state index contributed by atoms with van der Waals surface area (Å²) in [4.78, 5) is 4.35. The lowest BCUT2D eigenvalue weighted by atomic mass is 10.5. The van der Waals surface area contributed by atoms with E-state index in [9.17, 15) is 8.42 Å². The molecule has 118 valence electrons. The molecule has 1 aliphatic rings. The van der Waals surface area contributed by atoms with E-state index >= 15 is 0 Å². The van der Waals surface area contributed by atoms with Crippen molar-refractivity contribution in [3.8, 4) is 0 Å². The normalized spacial score (nSPS) is 22.9. The summed E-state index contributed by atoms with van der Waals surface area (Å²) in [6.45, 7) is 9.98. The molecule has 20 heavy (non-hydrogen) atoms. The number of nitrogens with one attached hydrogen (secondary N) is 2. The summed E-state index contributed by atoms with van der Waals surface area (Å²) < 4.78 is 25.5. The molecule has 7 heteroatoms. The first-order chi connectivity index (χ1) is 9.44. The summed E-state index contributed by atoms with van der Waals surface area (Å²) in [7, 11) is -3.19. The third-order valence-electron chi connectivity index (χ3n) is 3.49. The second kappa shape index (κ2) is 7.83. The number of aliphatic imine (C=N–C) groups is 1. The van der Waals surface area contributed by atoms with Gasteiger partial charge in [0.1, 0.15) is 0 Å². The number of sulfonamides is 1. The van der Waals surface area contributed by atoms with E-state index in [2.05, 4.69) is 22.5 Å². The Balaban J connectivity index is 2.50. The Morgan fingerprint density at radius 1 is 1.30 bits per heavy atom. The number of hydrogen-bond donors (Lipinski definition) is 2. The van der Waals surface area contributed by atoms with Crippen LogP contribution >= 0.6 is 0 Å². The van der Waals surface area contributed by atoms with Crippen LogP contribution in [0.25, 0.3) is 0 Å². The number of nitrogens with zero attached hydrogens (tertiary/aromatic N) is 2. The SMILES string of the molecule is CCNC(=NCCS(=O)(=O)N(CC)CC)NC1CC1C. The monoisotopic (exact) mass is 304 g/mol. The van der Waals surface area contributed by atoms with E-state index in [-0.39, 0.29) is 12.3 Å². The molecule has 0 aliphatic heterocycles. The van der Waals surface area contributed by atoms with E-state index in [0.717, 1.165) is 18.9 Å². The van der Waals surface area contributed by atoms with Crippen molar-refractivity contribution in [1.29, 1.82) is 0 Å². The van der Waals surface area contributed by atoms with Crippen LogP contribution in [0.2, 0.25) is 0 Å². The molecule has 0 aromatic heterocycles. The molecule has 0 spiro atoms. The van der Waals surface area contributed by atoms with Gasteiger partial charge in [0, 0.05) is 25.7 Å². The fourth-order valence-corrected chi connectivity index (χ4v) is 3.40. The summed E-state index contributed by atoms with van der Waals surface area (Å²) in [5.41, 5.74) is 0. The van der Waals surface area contributed by atoms with Gasteiger partial charge in [0.05, 0.1) is 12.3 Å². The van der Waals surface area contributed by atoms with Crippen molar-refractivity contribution < 1.29 is 8.42 Å². The first-order valence-corrected chi connectivity index (χ1v) is 9.08. The molecule has 6 nitrogen and oxygen atoms in total. The molecule has 0 saturated heterocycles. The third kappa shape index (κ3) is 5.28. The first kappa shape index (κ1) is 17.2. The minimum Gasteiger partial charge on any atom is -0.357 e. The summed E-state index contributed by atoms with van der Waals surface area (Å²) in [5.74, 6) is 1.46. The third-order valence-corrected chi connectivity index (χ3v) is 5.50. The van der Waals surface area contributed by atoms with Crippen molar-refractivity contribution in [1.82, 2.24) is 14.9 Å². The molecule has 1 fully saturated rings. The molecule has 0 heterocycles. The summed E-state index contributed by atoms with van der Waals surface area (Å²) in [6.07, 6.45) is 1.15. The smallest absolute Gasteiger partial charge is 0.215 e. The van der Waals surface area contributed by atoms with E-state index in [4.69, 9.17) is 0 Å². The largest absolute Gasteiger partial charge is 0.357 e. The predicted molar refractivity (Wildman–Crippen MR) is 83.4 cm³/mol. The Morgan fingerprint density at radius 2 is 1.90 bits per heavy atom. The van der Waals surface area contributed by atoms with Crippen molar-refractivity contribution in [2.45, 2.75) is 40.2 Å². The Bertz CT molecular complexity index is 418. The van der Waals surface area contributed by atoms with E-state index in [1.165, 1.54) is 4.31 Å². The van der Waals surface area contributed by atoms with Crippen LogP contribution in [-0.2, 0) is 10.0 Å². The summed E-state index contributed by atoms with van der Waals surface area (Å²) in [5, 5.41) is 6.46. The average molecular weight is 304 g/mol. The van der Waals surface area contributed by atoms with Crippen LogP contribution in [0.3, 0.4) is 0 Å². The maximum atomic E-state index is 12.0. The van der Waals surface area contributed by atoms with Crippen molar-refractivity contribution in [3.05, 3.63) is 0 Å². The average Bonchev–Trinajstić information content (AvgIpc) is 3.06. The van der Waals surface area contributed by atoms with Crippen LogP contribution < -0.4 is 10.6 Å². The molecule has 2 unspecified atom stereocenters. The Hall–Kier alpha value is -0.820.